The van der Waals surface area contributed by atoms with E-state index in [2.05, 4.69) is 6.92 Å². The van der Waals surface area contributed by atoms with Gasteiger partial charge in [-0.1, -0.05) is 6.07 Å². The smallest absolute Gasteiger partial charge is 0.228 e. The molecule has 0 saturated carbocycles. The molecule has 1 spiro atoms. The van der Waals surface area contributed by atoms with Gasteiger partial charge in [0.25, 0.3) is 0 Å². The van der Waals surface area contributed by atoms with E-state index >= 15 is 0 Å². The summed E-state index contributed by atoms with van der Waals surface area (Å²) in [5.41, 5.74) is 3.25. The minimum absolute atomic E-state index is 0.0315. The minimum atomic E-state index is -0.494. The van der Waals surface area contributed by atoms with Crippen molar-refractivity contribution >= 4 is 17.5 Å². The number of piperidine rings is 1. The number of hydrogen-bond donors (Lipinski definition) is 0. The third-order valence-electron chi connectivity index (χ3n) is 6.13. The Kier molecular flexibility index (Phi) is 4.95. The monoisotopic (exact) mass is 372 g/mol. The maximum absolute atomic E-state index is 13.0. The normalized spacial score (nSPS) is 25.3. The number of amides is 2. The van der Waals surface area contributed by atoms with Crippen LogP contribution in [0.5, 0.6) is 0 Å². The summed E-state index contributed by atoms with van der Waals surface area (Å²) in [5.74, 6) is -0.642. The fraction of sp³-hybridized carbons (Fsp3) is 0.619. The number of likely N-dealkylation sites (tertiary alicyclic amines) is 1. The van der Waals surface area contributed by atoms with Crippen LogP contribution in [0.25, 0.3) is 0 Å². The van der Waals surface area contributed by atoms with Crippen LogP contribution in [0.3, 0.4) is 0 Å². The second-order valence-corrected chi connectivity index (χ2v) is 7.96. The first kappa shape index (κ1) is 18.4. The van der Waals surface area contributed by atoms with Crippen LogP contribution in [0.15, 0.2) is 18.2 Å². The summed E-state index contributed by atoms with van der Waals surface area (Å²) in [6.07, 6.45) is 2.64. The molecule has 1 atom stereocenters. The van der Waals surface area contributed by atoms with E-state index in [4.69, 9.17) is 9.47 Å². The topological polar surface area (TPSA) is 59.1 Å². The molecule has 3 fully saturated rings. The van der Waals surface area contributed by atoms with Crippen molar-refractivity contribution in [1.82, 2.24) is 4.90 Å². The summed E-state index contributed by atoms with van der Waals surface area (Å²) >= 11 is 0. The van der Waals surface area contributed by atoms with Crippen LogP contribution in [-0.4, -0.2) is 55.3 Å². The number of anilines is 1. The highest BCUT2D eigenvalue weighted by Gasteiger charge is 2.42. The van der Waals surface area contributed by atoms with Crippen LogP contribution in [0.2, 0.25) is 0 Å². The number of carbonyl (C=O) groups is 2. The molecular weight excluding hydrogens is 344 g/mol. The Morgan fingerprint density at radius 3 is 2.48 bits per heavy atom. The van der Waals surface area contributed by atoms with Gasteiger partial charge in [-0.3, -0.25) is 9.59 Å². The van der Waals surface area contributed by atoms with Crippen LogP contribution in [0.4, 0.5) is 5.69 Å². The molecule has 1 aromatic carbocycles. The summed E-state index contributed by atoms with van der Waals surface area (Å²) in [6, 6.07) is 6.03. The van der Waals surface area contributed by atoms with Crippen molar-refractivity contribution in [2.45, 2.75) is 45.3 Å². The van der Waals surface area contributed by atoms with E-state index in [-0.39, 0.29) is 17.7 Å². The van der Waals surface area contributed by atoms with Crippen LogP contribution in [0, 0.1) is 19.8 Å². The Morgan fingerprint density at radius 2 is 1.81 bits per heavy atom. The summed E-state index contributed by atoms with van der Waals surface area (Å²) in [7, 11) is 0. The number of rotatable bonds is 2. The van der Waals surface area contributed by atoms with Crippen molar-refractivity contribution < 1.29 is 19.1 Å². The lowest BCUT2D eigenvalue weighted by Gasteiger charge is -2.43. The molecule has 27 heavy (non-hydrogen) atoms. The molecule has 1 unspecified atom stereocenters. The van der Waals surface area contributed by atoms with E-state index in [9.17, 15) is 9.59 Å². The molecule has 0 bridgehead atoms. The van der Waals surface area contributed by atoms with Crippen LogP contribution < -0.4 is 4.90 Å². The van der Waals surface area contributed by atoms with Gasteiger partial charge in [-0.25, -0.2) is 0 Å². The van der Waals surface area contributed by atoms with Gasteiger partial charge in [0.05, 0.1) is 19.1 Å². The molecule has 4 rings (SSSR count). The lowest BCUT2D eigenvalue weighted by atomic mass is 9.99. The zero-order chi connectivity index (χ0) is 19.0. The van der Waals surface area contributed by atoms with Crippen molar-refractivity contribution in [2.75, 3.05) is 37.7 Å². The molecule has 3 aliphatic rings. The van der Waals surface area contributed by atoms with Gasteiger partial charge < -0.3 is 19.3 Å². The number of ether oxygens (including phenoxy) is 2. The van der Waals surface area contributed by atoms with Gasteiger partial charge in [0.1, 0.15) is 0 Å². The Morgan fingerprint density at radius 1 is 1.11 bits per heavy atom. The SMILES string of the molecule is Cc1ccc(N2CC(C(=O)N3CCC4(CC3)OCCCO4)CC2=O)cc1C. The van der Waals surface area contributed by atoms with Crippen molar-refractivity contribution in [1.29, 1.82) is 0 Å². The molecule has 3 heterocycles. The van der Waals surface area contributed by atoms with Crippen LogP contribution >= 0.6 is 0 Å². The van der Waals surface area contributed by atoms with E-state index in [1.807, 2.05) is 30.0 Å². The Labute approximate surface area is 160 Å². The maximum atomic E-state index is 13.0. The zero-order valence-electron chi connectivity index (χ0n) is 16.2. The van der Waals surface area contributed by atoms with Gasteiger partial charge in [0.2, 0.25) is 11.8 Å². The lowest BCUT2D eigenvalue weighted by Crippen LogP contribution is -2.52. The first-order valence-corrected chi connectivity index (χ1v) is 9.92. The third-order valence-corrected chi connectivity index (χ3v) is 6.13. The maximum Gasteiger partial charge on any atom is 0.228 e. The molecule has 0 N–H and O–H groups in total. The highest BCUT2D eigenvalue weighted by Crippen LogP contribution is 2.33. The predicted molar refractivity (Wildman–Crippen MR) is 101 cm³/mol. The Hall–Kier alpha value is -1.92. The highest BCUT2D eigenvalue weighted by molar-refractivity contribution is 6.00. The summed E-state index contributed by atoms with van der Waals surface area (Å²) in [4.78, 5) is 29.1. The van der Waals surface area contributed by atoms with Gasteiger partial charge in [0, 0.05) is 44.6 Å². The number of carbonyl (C=O) groups excluding carboxylic acids is 2. The standard InChI is InChI=1S/C21H28N2O4/c1-15-4-5-18(12-16(15)2)23-14-17(13-19(23)24)20(25)22-8-6-21(7-9-22)26-10-3-11-27-21/h4-5,12,17H,3,6-11,13-14H2,1-2H3. The van der Waals surface area contributed by atoms with Gasteiger partial charge in [-0.2, -0.15) is 0 Å². The van der Waals surface area contributed by atoms with Gasteiger partial charge >= 0.3 is 0 Å². The predicted octanol–water partition coefficient (Wildman–Crippen LogP) is 2.41. The van der Waals surface area contributed by atoms with Crippen LogP contribution in [-0.2, 0) is 19.1 Å². The van der Waals surface area contributed by atoms with Gasteiger partial charge in [-0.05, 0) is 43.5 Å². The van der Waals surface area contributed by atoms with E-state index in [0.717, 1.165) is 30.9 Å². The van der Waals surface area contributed by atoms with E-state index < -0.39 is 5.79 Å². The fourth-order valence-corrected chi connectivity index (χ4v) is 4.25. The van der Waals surface area contributed by atoms with Crippen molar-refractivity contribution in [3.8, 4) is 0 Å². The largest absolute Gasteiger partial charge is 0.350 e. The number of hydrogen-bond acceptors (Lipinski definition) is 4. The molecule has 6 nitrogen and oxygen atoms in total. The second-order valence-electron chi connectivity index (χ2n) is 7.96. The van der Waals surface area contributed by atoms with E-state index in [1.165, 1.54) is 5.56 Å². The summed E-state index contributed by atoms with van der Waals surface area (Å²) in [5, 5.41) is 0. The first-order chi connectivity index (χ1) is 13.0. The lowest BCUT2D eigenvalue weighted by molar-refractivity contribution is -0.282. The molecule has 3 saturated heterocycles. The molecule has 0 aliphatic carbocycles. The minimum Gasteiger partial charge on any atom is -0.350 e. The average molecular weight is 372 g/mol. The first-order valence-electron chi connectivity index (χ1n) is 9.92. The van der Waals surface area contributed by atoms with Crippen molar-refractivity contribution in [2.24, 2.45) is 5.92 Å². The Bertz CT molecular complexity index is 732. The fourth-order valence-electron chi connectivity index (χ4n) is 4.25. The summed E-state index contributed by atoms with van der Waals surface area (Å²) in [6.45, 7) is 7.29. The van der Waals surface area contributed by atoms with Crippen LogP contribution in [0.1, 0.15) is 36.8 Å². The molecule has 3 aliphatic heterocycles. The van der Waals surface area contributed by atoms with E-state index in [1.54, 1.807) is 4.90 Å². The third kappa shape index (κ3) is 3.60. The zero-order valence-corrected chi connectivity index (χ0v) is 16.2. The van der Waals surface area contributed by atoms with Gasteiger partial charge in [0.15, 0.2) is 5.79 Å². The number of aryl methyl sites for hydroxylation is 2. The average Bonchev–Trinajstić information content (AvgIpc) is 3.06. The summed E-state index contributed by atoms with van der Waals surface area (Å²) < 4.78 is 11.7. The molecule has 0 radical (unpaired) electrons. The molecular formula is C21H28N2O4. The second kappa shape index (κ2) is 7.24. The highest BCUT2D eigenvalue weighted by atomic mass is 16.7. The number of nitrogens with zero attached hydrogens (tertiary/aromatic N) is 2. The van der Waals surface area contributed by atoms with Gasteiger partial charge in [-0.15, -0.1) is 0 Å². The Balaban J connectivity index is 1.39. The molecule has 146 valence electrons. The van der Waals surface area contributed by atoms with E-state index in [0.29, 0.717) is 38.9 Å². The molecule has 0 aromatic heterocycles. The molecule has 1 aromatic rings. The molecule has 6 heteroatoms. The van der Waals surface area contributed by atoms with Crippen molar-refractivity contribution in [3.05, 3.63) is 29.3 Å². The van der Waals surface area contributed by atoms with Crippen molar-refractivity contribution in [3.63, 3.8) is 0 Å². The molecule has 2 amide bonds. The quantitative estimate of drug-likeness (QED) is 0.800. The number of benzene rings is 1.